The molecule has 21 heavy (non-hydrogen) atoms. The van der Waals surface area contributed by atoms with Crippen LogP contribution >= 0.6 is 0 Å². The second-order valence-corrected chi connectivity index (χ2v) is 4.60. The first-order valence-corrected chi connectivity index (χ1v) is 6.67. The van der Waals surface area contributed by atoms with E-state index in [0.717, 1.165) is 26.2 Å². The van der Waals surface area contributed by atoms with E-state index in [1.807, 2.05) is 4.90 Å². The number of hydrogen-bond acceptors (Lipinski definition) is 8. The standard InChI is InChI=1S/C12H20N6O3/c1-17(8-9(19)18-6-4-13-5-7-18)10-14-11(20-2)16-12(15-10)21-3/h13H,4-8H2,1-3H3. The second-order valence-electron chi connectivity index (χ2n) is 4.60. The Hall–Kier alpha value is -2.16. The molecule has 2 rings (SSSR count). The molecule has 1 N–H and O–H groups in total. The molecule has 116 valence electrons. The van der Waals surface area contributed by atoms with Gasteiger partial charge in [-0.15, -0.1) is 4.98 Å². The van der Waals surface area contributed by atoms with Crippen LogP contribution in [0.4, 0.5) is 5.95 Å². The molecular weight excluding hydrogens is 276 g/mol. The lowest BCUT2D eigenvalue weighted by molar-refractivity contribution is -0.130. The minimum atomic E-state index is 0.0392. The Kier molecular flexibility index (Phi) is 5.09. The summed E-state index contributed by atoms with van der Waals surface area (Å²) in [5.41, 5.74) is 0. The number of carbonyl (C=O) groups excluding carboxylic acids is 1. The summed E-state index contributed by atoms with van der Waals surface area (Å²) in [6.07, 6.45) is 0. The fraction of sp³-hybridized carbons (Fsp3) is 0.667. The zero-order valence-corrected chi connectivity index (χ0v) is 12.5. The van der Waals surface area contributed by atoms with Crippen molar-refractivity contribution in [3.63, 3.8) is 0 Å². The number of nitrogens with one attached hydrogen (secondary N) is 1. The van der Waals surface area contributed by atoms with Crippen LogP contribution in [-0.2, 0) is 4.79 Å². The number of amides is 1. The van der Waals surface area contributed by atoms with E-state index < -0.39 is 0 Å². The van der Waals surface area contributed by atoms with E-state index in [9.17, 15) is 4.79 Å². The topological polar surface area (TPSA) is 92.7 Å². The molecule has 0 unspecified atom stereocenters. The van der Waals surface area contributed by atoms with E-state index in [1.165, 1.54) is 14.2 Å². The van der Waals surface area contributed by atoms with Gasteiger partial charge >= 0.3 is 12.0 Å². The third-order valence-electron chi connectivity index (χ3n) is 3.13. The van der Waals surface area contributed by atoms with Crippen molar-refractivity contribution in [1.82, 2.24) is 25.2 Å². The van der Waals surface area contributed by atoms with Crippen LogP contribution in [0.2, 0.25) is 0 Å². The predicted molar refractivity (Wildman–Crippen MR) is 75.7 cm³/mol. The van der Waals surface area contributed by atoms with Gasteiger partial charge in [0.25, 0.3) is 0 Å². The second kappa shape index (κ2) is 7.02. The van der Waals surface area contributed by atoms with Crippen LogP contribution in [0.25, 0.3) is 0 Å². The molecule has 2 heterocycles. The largest absolute Gasteiger partial charge is 0.467 e. The predicted octanol–water partition coefficient (Wildman–Crippen LogP) is -1.24. The number of anilines is 1. The molecule has 0 spiro atoms. The van der Waals surface area contributed by atoms with Gasteiger partial charge in [0, 0.05) is 33.2 Å². The molecule has 0 aromatic carbocycles. The van der Waals surface area contributed by atoms with Crippen LogP contribution in [0, 0.1) is 0 Å². The van der Waals surface area contributed by atoms with Crippen molar-refractivity contribution in [1.29, 1.82) is 0 Å². The van der Waals surface area contributed by atoms with E-state index in [4.69, 9.17) is 9.47 Å². The number of rotatable bonds is 5. The van der Waals surface area contributed by atoms with Gasteiger partial charge in [0.2, 0.25) is 11.9 Å². The number of piperazine rings is 1. The van der Waals surface area contributed by atoms with Crippen LogP contribution in [0.15, 0.2) is 0 Å². The van der Waals surface area contributed by atoms with Gasteiger partial charge < -0.3 is 24.6 Å². The summed E-state index contributed by atoms with van der Waals surface area (Å²) >= 11 is 0. The van der Waals surface area contributed by atoms with E-state index in [1.54, 1.807) is 11.9 Å². The summed E-state index contributed by atoms with van der Waals surface area (Å²) in [5, 5.41) is 3.21. The molecule has 1 amide bonds. The number of hydrogen-bond donors (Lipinski definition) is 1. The zero-order valence-electron chi connectivity index (χ0n) is 12.5. The van der Waals surface area contributed by atoms with Gasteiger partial charge in [-0.05, 0) is 0 Å². The smallest absolute Gasteiger partial charge is 0.324 e. The Labute approximate surface area is 123 Å². The van der Waals surface area contributed by atoms with Crippen molar-refractivity contribution in [2.24, 2.45) is 0 Å². The fourth-order valence-electron chi connectivity index (χ4n) is 1.97. The lowest BCUT2D eigenvalue weighted by atomic mass is 10.3. The van der Waals surface area contributed by atoms with Crippen molar-refractivity contribution in [3.8, 4) is 12.0 Å². The molecular formula is C12H20N6O3. The molecule has 9 heteroatoms. The number of carbonyl (C=O) groups is 1. The van der Waals surface area contributed by atoms with Gasteiger partial charge in [0.15, 0.2) is 0 Å². The SMILES string of the molecule is COc1nc(OC)nc(N(C)CC(=O)N2CCNCC2)n1. The Morgan fingerprint density at radius 2 is 1.76 bits per heavy atom. The summed E-state index contributed by atoms with van der Waals surface area (Å²) in [6.45, 7) is 3.27. The molecule has 1 aromatic rings. The van der Waals surface area contributed by atoms with Gasteiger partial charge in [-0.25, -0.2) is 0 Å². The first-order chi connectivity index (χ1) is 10.1. The van der Waals surface area contributed by atoms with Crippen molar-refractivity contribution in [2.75, 3.05) is 58.9 Å². The van der Waals surface area contributed by atoms with Crippen LogP contribution in [0.3, 0.4) is 0 Å². The van der Waals surface area contributed by atoms with Crippen molar-refractivity contribution < 1.29 is 14.3 Å². The molecule has 0 saturated carbocycles. The molecule has 0 atom stereocenters. The normalized spacial score (nSPS) is 14.7. The van der Waals surface area contributed by atoms with E-state index in [2.05, 4.69) is 20.3 Å². The molecule has 0 aliphatic carbocycles. The summed E-state index contributed by atoms with van der Waals surface area (Å²) in [4.78, 5) is 27.8. The van der Waals surface area contributed by atoms with E-state index >= 15 is 0 Å². The maximum atomic E-state index is 12.2. The van der Waals surface area contributed by atoms with Crippen molar-refractivity contribution >= 4 is 11.9 Å². The average molecular weight is 296 g/mol. The third-order valence-corrected chi connectivity index (χ3v) is 3.13. The Balaban J connectivity index is 2.04. The molecule has 1 aromatic heterocycles. The van der Waals surface area contributed by atoms with E-state index in [-0.39, 0.29) is 24.5 Å². The molecule has 0 bridgehead atoms. The van der Waals surface area contributed by atoms with Crippen molar-refractivity contribution in [3.05, 3.63) is 0 Å². The number of methoxy groups -OCH3 is 2. The highest BCUT2D eigenvalue weighted by molar-refractivity contribution is 5.81. The van der Waals surface area contributed by atoms with Gasteiger partial charge in [-0.3, -0.25) is 4.79 Å². The minimum Gasteiger partial charge on any atom is -0.467 e. The van der Waals surface area contributed by atoms with Gasteiger partial charge in [-0.2, -0.15) is 9.97 Å². The lowest BCUT2D eigenvalue weighted by Crippen LogP contribution is -2.49. The zero-order chi connectivity index (χ0) is 15.2. The summed E-state index contributed by atoms with van der Waals surface area (Å²) in [7, 11) is 4.67. The molecule has 1 fully saturated rings. The highest BCUT2D eigenvalue weighted by Gasteiger charge is 2.19. The third kappa shape index (κ3) is 3.91. The summed E-state index contributed by atoms with van der Waals surface area (Å²) in [6, 6.07) is 0.302. The number of likely N-dealkylation sites (N-methyl/N-ethyl adjacent to an activating group) is 1. The molecule has 1 saturated heterocycles. The van der Waals surface area contributed by atoms with Crippen molar-refractivity contribution in [2.45, 2.75) is 0 Å². The van der Waals surface area contributed by atoms with Crippen LogP contribution in [0.5, 0.6) is 12.0 Å². The minimum absolute atomic E-state index is 0.0392. The lowest BCUT2D eigenvalue weighted by Gasteiger charge is -2.29. The maximum absolute atomic E-state index is 12.2. The Morgan fingerprint density at radius 1 is 1.19 bits per heavy atom. The monoisotopic (exact) mass is 296 g/mol. The fourth-order valence-corrected chi connectivity index (χ4v) is 1.97. The maximum Gasteiger partial charge on any atom is 0.324 e. The number of ether oxygens (including phenoxy) is 2. The first-order valence-electron chi connectivity index (χ1n) is 6.67. The van der Waals surface area contributed by atoms with Gasteiger partial charge in [0.05, 0.1) is 20.8 Å². The Morgan fingerprint density at radius 3 is 2.29 bits per heavy atom. The average Bonchev–Trinajstić information content (AvgIpc) is 2.54. The highest BCUT2D eigenvalue weighted by atomic mass is 16.5. The molecule has 0 radical (unpaired) electrons. The number of nitrogens with zero attached hydrogens (tertiary/aromatic N) is 5. The quantitative estimate of drug-likeness (QED) is 0.721. The highest BCUT2D eigenvalue weighted by Crippen LogP contribution is 2.14. The number of aromatic nitrogens is 3. The van der Waals surface area contributed by atoms with Gasteiger partial charge in [-0.1, -0.05) is 0 Å². The molecule has 1 aliphatic heterocycles. The van der Waals surface area contributed by atoms with Crippen LogP contribution in [-0.4, -0.2) is 79.8 Å². The van der Waals surface area contributed by atoms with E-state index in [0.29, 0.717) is 5.95 Å². The first kappa shape index (κ1) is 15.2. The molecule has 9 nitrogen and oxygen atoms in total. The summed E-state index contributed by atoms with van der Waals surface area (Å²) in [5.74, 6) is 0.375. The van der Waals surface area contributed by atoms with Crippen LogP contribution in [0.1, 0.15) is 0 Å². The van der Waals surface area contributed by atoms with Gasteiger partial charge in [0.1, 0.15) is 0 Å². The Bertz CT molecular complexity index is 470. The summed E-state index contributed by atoms with van der Waals surface area (Å²) < 4.78 is 9.99. The molecule has 1 aliphatic rings. The van der Waals surface area contributed by atoms with Crippen LogP contribution < -0.4 is 19.7 Å².